The topological polar surface area (TPSA) is 37.0 Å². The van der Waals surface area contributed by atoms with Gasteiger partial charge in [0, 0.05) is 24.0 Å². The van der Waals surface area contributed by atoms with Crippen molar-refractivity contribution in [2.45, 2.75) is 63.6 Å². The van der Waals surface area contributed by atoms with Gasteiger partial charge in [-0.05, 0) is 38.1 Å². The second kappa shape index (κ2) is 6.82. The molecule has 0 spiro atoms. The minimum Gasteiger partial charge on any atom is -0.314 e. The maximum absolute atomic E-state index is 4.38. The van der Waals surface area contributed by atoms with Crippen LogP contribution in [0.1, 0.15) is 50.6 Å². The Hall–Kier alpha value is -0.450. The van der Waals surface area contributed by atoms with Gasteiger partial charge in [-0.2, -0.15) is 0 Å². The third-order valence-electron chi connectivity index (χ3n) is 4.71. The Morgan fingerprint density at radius 1 is 1.21 bits per heavy atom. The Bertz CT molecular complexity index is 359. The predicted molar refractivity (Wildman–Crippen MR) is 80.3 cm³/mol. The van der Waals surface area contributed by atoms with E-state index in [9.17, 15) is 0 Å². The maximum atomic E-state index is 4.38. The first-order valence-corrected chi connectivity index (χ1v) is 8.71. The second-order valence-electron chi connectivity index (χ2n) is 5.97. The van der Waals surface area contributed by atoms with Gasteiger partial charge in [0.1, 0.15) is 0 Å². The van der Waals surface area contributed by atoms with E-state index in [1.54, 1.807) is 11.3 Å². The highest BCUT2D eigenvalue weighted by molar-refractivity contribution is 7.07. The van der Waals surface area contributed by atoms with Crippen molar-refractivity contribution in [3.8, 4) is 0 Å². The monoisotopic (exact) mass is 279 g/mol. The van der Waals surface area contributed by atoms with Crippen LogP contribution in [0.4, 0.5) is 0 Å². The van der Waals surface area contributed by atoms with E-state index in [2.05, 4.69) is 21.0 Å². The lowest BCUT2D eigenvalue weighted by molar-refractivity contribution is 0.181. The van der Waals surface area contributed by atoms with Crippen LogP contribution in [0.2, 0.25) is 0 Å². The minimum atomic E-state index is 0.686. The van der Waals surface area contributed by atoms with E-state index in [0.717, 1.165) is 18.5 Å². The minimum absolute atomic E-state index is 0.686. The van der Waals surface area contributed by atoms with Crippen molar-refractivity contribution in [3.63, 3.8) is 0 Å². The Balaban J connectivity index is 1.56. The molecule has 1 aliphatic heterocycles. The van der Waals surface area contributed by atoms with Gasteiger partial charge < -0.3 is 10.6 Å². The zero-order valence-corrected chi connectivity index (χ0v) is 12.4. The number of thiazole rings is 1. The lowest BCUT2D eigenvalue weighted by Gasteiger charge is -2.40. The summed E-state index contributed by atoms with van der Waals surface area (Å²) in [6, 6.07) is 1.44. The summed E-state index contributed by atoms with van der Waals surface area (Å²) in [6.07, 6.45) is 9.68. The Morgan fingerprint density at radius 2 is 2.11 bits per heavy atom. The lowest BCUT2D eigenvalue weighted by atomic mass is 9.77. The van der Waals surface area contributed by atoms with Crippen LogP contribution in [0.25, 0.3) is 0 Å². The number of hydrogen-bond donors (Lipinski definition) is 2. The Morgan fingerprint density at radius 3 is 2.89 bits per heavy atom. The normalized spacial score (nSPS) is 32.3. The fraction of sp³-hybridized carbons (Fsp3) is 0.800. The van der Waals surface area contributed by atoms with Gasteiger partial charge in [-0.15, -0.1) is 11.3 Å². The molecule has 3 unspecified atom stereocenters. The lowest BCUT2D eigenvalue weighted by Crippen LogP contribution is -2.50. The van der Waals surface area contributed by atoms with Gasteiger partial charge in [0.05, 0.1) is 11.2 Å². The van der Waals surface area contributed by atoms with Gasteiger partial charge in [0.2, 0.25) is 0 Å². The Labute approximate surface area is 120 Å². The van der Waals surface area contributed by atoms with E-state index >= 15 is 0 Å². The first kappa shape index (κ1) is 13.5. The first-order valence-electron chi connectivity index (χ1n) is 7.77. The zero-order valence-electron chi connectivity index (χ0n) is 11.6. The van der Waals surface area contributed by atoms with Crippen molar-refractivity contribution >= 4 is 11.3 Å². The fourth-order valence-electron chi connectivity index (χ4n) is 3.70. The van der Waals surface area contributed by atoms with Gasteiger partial charge in [-0.1, -0.05) is 19.3 Å². The van der Waals surface area contributed by atoms with E-state index in [1.165, 1.54) is 57.2 Å². The molecule has 0 bridgehead atoms. The fourth-order valence-corrected chi connectivity index (χ4v) is 4.26. The molecule has 2 aliphatic rings. The largest absolute Gasteiger partial charge is 0.314 e. The molecule has 3 atom stereocenters. The van der Waals surface area contributed by atoms with Crippen LogP contribution in [0.5, 0.6) is 0 Å². The van der Waals surface area contributed by atoms with Gasteiger partial charge >= 0.3 is 0 Å². The van der Waals surface area contributed by atoms with E-state index in [-0.39, 0.29) is 0 Å². The summed E-state index contributed by atoms with van der Waals surface area (Å²) in [5.74, 6) is 0.827. The second-order valence-corrected chi connectivity index (χ2v) is 6.69. The number of nitrogens with zero attached hydrogens (tertiary/aromatic N) is 1. The van der Waals surface area contributed by atoms with Crippen LogP contribution in [-0.4, -0.2) is 23.6 Å². The van der Waals surface area contributed by atoms with Gasteiger partial charge in [-0.3, -0.25) is 0 Å². The van der Waals surface area contributed by atoms with E-state index < -0.39 is 0 Å². The van der Waals surface area contributed by atoms with Gasteiger partial charge in [-0.25, -0.2) is 4.98 Å². The number of piperidine rings is 1. The molecule has 4 heteroatoms. The van der Waals surface area contributed by atoms with Gasteiger partial charge in [0.25, 0.3) is 0 Å². The van der Waals surface area contributed by atoms with Crippen LogP contribution in [0, 0.1) is 5.92 Å². The average molecular weight is 279 g/mol. The summed E-state index contributed by atoms with van der Waals surface area (Å²) in [7, 11) is 0. The molecule has 0 radical (unpaired) electrons. The smallest absolute Gasteiger partial charge is 0.0795 e. The molecule has 1 aromatic heterocycles. The SMILES string of the molecule is c1nc(CNC2CCCCC2C2CCCCN2)cs1. The Kier molecular flexibility index (Phi) is 4.86. The zero-order chi connectivity index (χ0) is 12.9. The first-order chi connectivity index (χ1) is 9.43. The van der Waals surface area contributed by atoms with E-state index in [0.29, 0.717) is 6.04 Å². The van der Waals surface area contributed by atoms with Crippen molar-refractivity contribution in [3.05, 3.63) is 16.6 Å². The highest BCUT2D eigenvalue weighted by Gasteiger charge is 2.32. The molecule has 0 aromatic carbocycles. The number of aromatic nitrogens is 1. The standard InChI is InChI=1S/C15H25N3S/c1-2-6-15(17-9-12-10-19-11-18-12)13(5-1)14-7-3-4-8-16-14/h10-11,13-17H,1-9H2. The molecular weight excluding hydrogens is 254 g/mol. The van der Waals surface area contributed by atoms with Crippen molar-refractivity contribution in [1.82, 2.24) is 15.6 Å². The average Bonchev–Trinajstić information content (AvgIpc) is 3.00. The molecule has 2 N–H and O–H groups in total. The third kappa shape index (κ3) is 3.56. The predicted octanol–water partition coefficient (Wildman–Crippen LogP) is 2.93. The highest BCUT2D eigenvalue weighted by Crippen LogP contribution is 2.30. The molecular formula is C15H25N3S. The molecule has 1 aliphatic carbocycles. The van der Waals surface area contributed by atoms with Crippen LogP contribution < -0.4 is 10.6 Å². The molecule has 106 valence electrons. The van der Waals surface area contributed by atoms with Crippen molar-refractivity contribution < 1.29 is 0 Å². The molecule has 2 heterocycles. The third-order valence-corrected chi connectivity index (χ3v) is 5.35. The van der Waals surface area contributed by atoms with Gasteiger partial charge in [0.15, 0.2) is 0 Å². The summed E-state index contributed by atoms with van der Waals surface area (Å²) in [4.78, 5) is 4.38. The summed E-state index contributed by atoms with van der Waals surface area (Å²) in [5, 5.41) is 9.69. The summed E-state index contributed by atoms with van der Waals surface area (Å²) < 4.78 is 0. The summed E-state index contributed by atoms with van der Waals surface area (Å²) in [6.45, 7) is 2.16. The quantitative estimate of drug-likeness (QED) is 0.890. The van der Waals surface area contributed by atoms with Crippen LogP contribution in [-0.2, 0) is 6.54 Å². The summed E-state index contributed by atoms with van der Waals surface area (Å²) in [5.41, 5.74) is 3.13. The molecule has 2 fully saturated rings. The van der Waals surface area contributed by atoms with Crippen molar-refractivity contribution in [2.75, 3.05) is 6.54 Å². The van der Waals surface area contributed by atoms with Crippen LogP contribution >= 0.6 is 11.3 Å². The molecule has 1 aromatic rings. The molecule has 1 saturated heterocycles. The highest BCUT2D eigenvalue weighted by atomic mass is 32.1. The number of hydrogen-bond acceptors (Lipinski definition) is 4. The van der Waals surface area contributed by atoms with E-state index in [1.807, 2.05) is 5.51 Å². The van der Waals surface area contributed by atoms with Crippen molar-refractivity contribution in [2.24, 2.45) is 5.92 Å². The molecule has 19 heavy (non-hydrogen) atoms. The van der Waals surface area contributed by atoms with Crippen LogP contribution in [0.15, 0.2) is 10.9 Å². The molecule has 0 amide bonds. The number of nitrogens with one attached hydrogen (secondary N) is 2. The molecule has 3 nitrogen and oxygen atoms in total. The number of rotatable bonds is 4. The molecule has 3 rings (SSSR count). The van der Waals surface area contributed by atoms with E-state index in [4.69, 9.17) is 0 Å². The van der Waals surface area contributed by atoms with Crippen molar-refractivity contribution in [1.29, 1.82) is 0 Å². The van der Waals surface area contributed by atoms with Crippen LogP contribution in [0.3, 0.4) is 0 Å². The maximum Gasteiger partial charge on any atom is 0.0795 e. The molecule has 1 saturated carbocycles. The summed E-state index contributed by atoms with van der Waals surface area (Å²) >= 11 is 1.69.